The fourth-order valence-corrected chi connectivity index (χ4v) is 4.19. The average Bonchev–Trinajstić information content (AvgIpc) is 3.38. The number of hydrogen-bond donors (Lipinski definition) is 6. The third kappa shape index (κ3) is 8.26. The lowest BCUT2D eigenvalue weighted by Gasteiger charge is -2.18. The summed E-state index contributed by atoms with van der Waals surface area (Å²) in [5, 5.41) is 16.0. The molecule has 0 radical (unpaired) electrons. The van der Waals surface area contributed by atoms with E-state index in [1.54, 1.807) is 30.3 Å². The van der Waals surface area contributed by atoms with Gasteiger partial charge in [-0.3, -0.25) is 14.6 Å². The molecule has 40 heavy (non-hydrogen) atoms. The van der Waals surface area contributed by atoms with E-state index < -0.39 is 11.9 Å². The topological polar surface area (TPSA) is 168 Å². The van der Waals surface area contributed by atoms with Gasteiger partial charge in [-0.1, -0.05) is 42.5 Å². The van der Waals surface area contributed by atoms with Crippen LogP contribution in [-0.4, -0.2) is 47.1 Å². The molecule has 4 rings (SSSR count). The molecule has 1 heterocycles. The minimum absolute atomic E-state index is 0.0288. The Hall–Kier alpha value is -4.99. The van der Waals surface area contributed by atoms with Gasteiger partial charge in [-0.2, -0.15) is 0 Å². The molecular weight excluding hydrogens is 508 g/mol. The summed E-state index contributed by atoms with van der Waals surface area (Å²) in [5.74, 6) is 0.0781. The summed E-state index contributed by atoms with van der Waals surface area (Å²) in [6.07, 6.45) is 1.62. The first-order valence-electron chi connectivity index (χ1n) is 13.1. The van der Waals surface area contributed by atoms with Crippen LogP contribution < -0.4 is 26.8 Å². The smallest absolute Gasteiger partial charge is 0.268 e. The highest BCUT2D eigenvalue weighted by Gasteiger charge is 2.22. The first kappa shape index (κ1) is 28.0. The second-order valence-corrected chi connectivity index (χ2v) is 9.38. The summed E-state index contributed by atoms with van der Waals surface area (Å²) in [6, 6.07) is 23.2. The number of H-pyrrole nitrogens is 1. The molecule has 208 valence electrons. The van der Waals surface area contributed by atoms with Crippen LogP contribution in [0.4, 0.5) is 0 Å². The van der Waals surface area contributed by atoms with E-state index in [1.807, 2.05) is 36.4 Å². The predicted molar refractivity (Wildman–Crippen MR) is 155 cm³/mol. The lowest BCUT2D eigenvalue weighted by Crippen LogP contribution is -2.46. The van der Waals surface area contributed by atoms with Crippen LogP contribution in [0.5, 0.6) is 11.5 Å². The number of phenols is 1. The molecule has 0 unspecified atom stereocenters. The number of amides is 2. The highest BCUT2D eigenvalue weighted by Crippen LogP contribution is 2.22. The Morgan fingerprint density at radius 3 is 2.50 bits per heavy atom. The number of nitrogens with one attached hydrogen (secondary N) is 3. The third-order valence-corrected chi connectivity index (χ3v) is 6.31. The SMILES string of the molecule is NC(N)=NCCC[C@@H](NC(=O)c1cc2cc(OCCc3ccccc3)ccc2[nH]1)C(=O)NCc1ccc(O)cc1. The molecule has 0 fully saturated rings. The summed E-state index contributed by atoms with van der Waals surface area (Å²) in [6.45, 7) is 1.12. The Morgan fingerprint density at radius 2 is 1.75 bits per heavy atom. The van der Waals surface area contributed by atoms with Crippen molar-refractivity contribution in [2.45, 2.75) is 31.8 Å². The van der Waals surface area contributed by atoms with Crippen molar-refractivity contribution in [3.05, 3.63) is 95.7 Å². The number of carbonyl (C=O) groups is 2. The maximum absolute atomic E-state index is 13.1. The average molecular weight is 543 g/mol. The number of aromatic hydroxyl groups is 1. The Balaban J connectivity index is 1.38. The van der Waals surface area contributed by atoms with E-state index >= 15 is 0 Å². The van der Waals surface area contributed by atoms with Gasteiger partial charge in [0, 0.05) is 30.4 Å². The number of hydrogen-bond acceptors (Lipinski definition) is 5. The summed E-state index contributed by atoms with van der Waals surface area (Å²) in [4.78, 5) is 33.2. The number of ether oxygens (including phenoxy) is 1. The molecule has 0 spiro atoms. The molecule has 2 amide bonds. The van der Waals surface area contributed by atoms with Gasteiger partial charge >= 0.3 is 0 Å². The van der Waals surface area contributed by atoms with Gasteiger partial charge in [0.05, 0.1) is 6.61 Å². The van der Waals surface area contributed by atoms with Crippen molar-refractivity contribution in [3.8, 4) is 11.5 Å². The van der Waals surface area contributed by atoms with E-state index in [0.29, 0.717) is 37.4 Å². The zero-order valence-corrected chi connectivity index (χ0v) is 22.1. The van der Waals surface area contributed by atoms with Gasteiger partial charge in [-0.05, 0) is 60.4 Å². The Morgan fingerprint density at radius 1 is 0.975 bits per heavy atom. The van der Waals surface area contributed by atoms with Gasteiger partial charge in [-0.25, -0.2) is 0 Å². The van der Waals surface area contributed by atoms with Crippen LogP contribution in [0.15, 0.2) is 83.9 Å². The highest BCUT2D eigenvalue weighted by atomic mass is 16.5. The number of phenolic OH excluding ortho intramolecular Hbond substituents is 1. The monoisotopic (exact) mass is 542 g/mol. The number of aromatic nitrogens is 1. The largest absolute Gasteiger partial charge is 0.508 e. The predicted octanol–water partition coefficient (Wildman–Crippen LogP) is 2.96. The summed E-state index contributed by atoms with van der Waals surface area (Å²) in [5.41, 5.74) is 13.9. The van der Waals surface area contributed by atoms with Crippen molar-refractivity contribution >= 4 is 28.7 Å². The molecule has 0 bridgehead atoms. The molecule has 0 saturated heterocycles. The van der Waals surface area contributed by atoms with Crippen LogP contribution in [0.2, 0.25) is 0 Å². The van der Waals surface area contributed by atoms with E-state index in [0.717, 1.165) is 22.9 Å². The standard InChI is InChI=1S/C30H34N6O4/c31-30(32)33-15-4-7-26(28(38)34-19-21-8-10-23(37)11-9-21)36-29(39)27-18-22-17-24(12-13-25(22)35-27)40-16-14-20-5-2-1-3-6-20/h1-3,5-6,8-13,17-18,26,35,37H,4,7,14-16,19H2,(H,34,38)(H,36,39)(H4,31,32,33)/t26-/m1/s1. The molecule has 0 aliphatic carbocycles. The van der Waals surface area contributed by atoms with Gasteiger partial charge in [-0.15, -0.1) is 0 Å². The summed E-state index contributed by atoms with van der Waals surface area (Å²) >= 11 is 0. The first-order valence-corrected chi connectivity index (χ1v) is 13.1. The molecule has 10 nitrogen and oxygen atoms in total. The van der Waals surface area contributed by atoms with E-state index in [2.05, 4.69) is 32.7 Å². The third-order valence-electron chi connectivity index (χ3n) is 6.31. The van der Waals surface area contributed by atoms with Crippen LogP contribution in [0.3, 0.4) is 0 Å². The van der Waals surface area contributed by atoms with E-state index in [1.165, 1.54) is 5.56 Å². The van der Waals surface area contributed by atoms with E-state index in [9.17, 15) is 14.7 Å². The fraction of sp³-hybridized carbons (Fsp3) is 0.233. The van der Waals surface area contributed by atoms with Crippen molar-refractivity contribution in [1.29, 1.82) is 0 Å². The molecule has 10 heteroatoms. The number of fused-ring (bicyclic) bond motifs is 1. The highest BCUT2D eigenvalue weighted by molar-refractivity contribution is 6.00. The number of aliphatic imine (C=N–C) groups is 1. The van der Waals surface area contributed by atoms with Gasteiger partial charge in [0.2, 0.25) is 5.91 Å². The van der Waals surface area contributed by atoms with Gasteiger partial charge in [0.25, 0.3) is 5.91 Å². The molecule has 1 aromatic heterocycles. The van der Waals surface area contributed by atoms with Gasteiger partial charge < -0.3 is 36.9 Å². The zero-order chi connectivity index (χ0) is 28.3. The van der Waals surface area contributed by atoms with Crippen LogP contribution in [-0.2, 0) is 17.8 Å². The molecule has 0 aliphatic heterocycles. The lowest BCUT2D eigenvalue weighted by atomic mass is 10.1. The van der Waals surface area contributed by atoms with E-state index in [4.69, 9.17) is 16.2 Å². The second kappa shape index (κ2) is 13.7. The number of benzene rings is 3. The fourth-order valence-electron chi connectivity index (χ4n) is 4.19. The molecule has 1 atom stereocenters. The Kier molecular flexibility index (Phi) is 9.60. The Bertz CT molecular complexity index is 1450. The number of guanidine groups is 1. The van der Waals surface area contributed by atoms with Crippen molar-refractivity contribution in [2.24, 2.45) is 16.5 Å². The molecule has 0 aliphatic rings. The minimum Gasteiger partial charge on any atom is -0.508 e. The number of rotatable bonds is 13. The molecule has 8 N–H and O–H groups in total. The molecule has 0 saturated carbocycles. The number of carbonyl (C=O) groups excluding carboxylic acids is 2. The van der Waals surface area contributed by atoms with Gasteiger partial charge in [0.1, 0.15) is 23.2 Å². The Labute approximate surface area is 232 Å². The lowest BCUT2D eigenvalue weighted by molar-refractivity contribution is -0.123. The van der Waals surface area contributed by atoms with Crippen molar-refractivity contribution < 1.29 is 19.4 Å². The molecule has 3 aromatic carbocycles. The van der Waals surface area contributed by atoms with Crippen LogP contribution in [0.25, 0.3) is 10.9 Å². The van der Waals surface area contributed by atoms with Crippen LogP contribution >= 0.6 is 0 Å². The maximum Gasteiger partial charge on any atom is 0.268 e. The number of nitrogens with zero attached hydrogens (tertiary/aromatic N) is 1. The van der Waals surface area contributed by atoms with Crippen LogP contribution in [0, 0.1) is 0 Å². The molecular formula is C30H34N6O4. The zero-order valence-electron chi connectivity index (χ0n) is 22.1. The molecule has 4 aromatic rings. The normalized spacial score (nSPS) is 11.5. The van der Waals surface area contributed by atoms with Crippen molar-refractivity contribution in [3.63, 3.8) is 0 Å². The van der Waals surface area contributed by atoms with Gasteiger partial charge in [0.15, 0.2) is 5.96 Å². The second-order valence-electron chi connectivity index (χ2n) is 9.38. The van der Waals surface area contributed by atoms with E-state index in [-0.39, 0.29) is 24.2 Å². The number of nitrogens with two attached hydrogens (primary N) is 2. The van der Waals surface area contributed by atoms with Crippen molar-refractivity contribution in [2.75, 3.05) is 13.2 Å². The van der Waals surface area contributed by atoms with Crippen molar-refractivity contribution in [1.82, 2.24) is 15.6 Å². The minimum atomic E-state index is -0.804. The van der Waals surface area contributed by atoms with Crippen LogP contribution in [0.1, 0.15) is 34.5 Å². The summed E-state index contributed by atoms with van der Waals surface area (Å²) in [7, 11) is 0. The number of aromatic amines is 1. The summed E-state index contributed by atoms with van der Waals surface area (Å²) < 4.78 is 5.92. The first-order chi connectivity index (χ1) is 19.4. The quantitative estimate of drug-likeness (QED) is 0.0862. The maximum atomic E-state index is 13.1.